The molecule has 1 aliphatic heterocycles. The Morgan fingerprint density at radius 2 is 1.84 bits per heavy atom. The SMILES string of the molecule is NC1=NC(c2ccccc2)(C2CCCCC2)C(=O)N1CCCCCO. The van der Waals surface area contributed by atoms with Gasteiger partial charge in [-0.25, -0.2) is 4.99 Å². The van der Waals surface area contributed by atoms with Crippen LogP contribution in [0.5, 0.6) is 0 Å². The quantitative estimate of drug-likeness (QED) is 0.747. The Labute approximate surface area is 149 Å². The Kier molecular flexibility index (Phi) is 5.74. The largest absolute Gasteiger partial charge is 0.396 e. The third-order valence-electron chi connectivity index (χ3n) is 5.59. The predicted octanol–water partition coefficient (Wildman–Crippen LogP) is 2.78. The number of aliphatic hydroxyl groups is 1. The van der Waals surface area contributed by atoms with E-state index in [-0.39, 0.29) is 18.4 Å². The van der Waals surface area contributed by atoms with Crippen molar-refractivity contribution in [1.82, 2.24) is 4.90 Å². The van der Waals surface area contributed by atoms with Crippen molar-refractivity contribution in [3.8, 4) is 0 Å². The predicted molar refractivity (Wildman–Crippen MR) is 99.0 cm³/mol. The van der Waals surface area contributed by atoms with E-state index in [9.17, 15) is 4.79 Å². The van der Waals surface area contributed by atoms with Gasteiger partial charge in [0.05, 0.1) is 0 Å². The van der Waals surface area contributed by atoms with Crippen LogP contribution in [0.3, 0.4) is 0 Å². The zero-order valence-corrected chi connectivity index (χ0v) is 14.9. The number of carbonyl (C=O) groups excluding carboxylic acids is 1. The van der Waals surface area contributed by atoms with Gasteiger partial charge < -0.3 is 10.8 Å². The van der Waals surface area contributed by atoms with Gasteiger partial charge in [-0.15, -0.1) is 0 Å². The van der Waals surface area contributed by atoms with E-state index in [0.29, 0.717) is 12.5 Å². The van der Waals surface area contributed by atoms with E-state index in [1.165, 1.54) is 6.42 Å². The smallest absolute Gasteiger partial charge is 0.262 e. The maximum atomic E-state index is 13.5. The number of hydrogen-bond donors (Lipinski definition) is 2. The molecule has 136 valence electrons. The summed E-state index contributed by atoms with van der Waals surface area (Å²) in [6, 6.07) is 9.94. The zero-order valence-electron chi connectivity index (χ0n) is 14.9. The molecule has 5 heteroatoms. The van der Waals surface area contributed by atoms with E-state index >= 15 is 0 Å². The highest BCUT2D eigenvalue weighted by atomic mass is 16.2. The lowest BCUT2D eigenvalue weighted by atomic mass is 9.71. The lowest BCUT2D eigenvalue weighted by Gasteiger charge is -2.36. The van der Waals surface area contributed by atoms with Crippen molar-refractivity contribution in [2.45, 2.75) is 56.9 Å². The first-order chi connectivity index (χ1) is 12.2. The molecular formula is C20H29N3O2. The highest BCUT2D eigenvalue weighted by Crippen LogP contribution is 2.46. The van der Waals surface area contributed by atoms with Crippen LogP contribution in [-0.2, 0) is 10.3 Å². The standard InChI is InChI=1S/C20H29N3O2/c21-19-22-20(16-10-4-1-5-11-16,17-12-6-2-7-13-17)18(25)23(19)14-8-3-9-15-24/h1,4-5,10-11,17,24H,2-3,6-9,12-15H2,(H2,21,22). The Bertz CT molecular complexity index is 611. The number of amides is 1. The van der Waals surface area contributed by atoms with Crippen LogP contribution in [0.1, 0.15) is 56.9 Å². The van der Waals surface area contributed by atoms with Gasteiger partial charge in [-0.1, -0.05) is 49.6 Å². The van der Waals surface area contributed by atoms with Crippen molar-refractivity contribution in [3.05, 3.63) is 35.9 Å². The van der Waals surface area contributed by atoms with Crippen molar-refractivity contribution in [2.24, 2.45) is 16.6 Å². The summed E-state index contributed by atoms with van der Waals surface area (Å²) in [6.45, 7) is 0.767. The highest BCUT2D eigenvalue weighted by Gasteiger charge is 2.53. The summed E-state index contributed by atoms with van der Waals surface area (Å²) >= 11 is 0. The lowest BCUT2D eigenvalue weighted by Crippen LogP contribution is -2.47. The average molecular weight is 343 g/mol. The fraction of sp³-hybridized carbons (Fsp3) is 0.600. The molecule has 0 radical (unpaired) electrons. The highest BCUT2D eigenvalue weighted by molar-refractivity contribution is 6.07. The van der Waals surface area contributed by atoms with Crippen LogP contribution >= 0.6 is 0 Å². The fourth-order valence-electron chi connectivity index (χ4n) is 4.28. The Hall–Kier alpha value is -1.88. The van der Waals surface area contributed by atoms with Gasteiger partial charge in [0.15, 0.2) is 11.5 Å². The molecule has 1 saturated carbocycles. The molecule has 1 amide bonds. The normalized spacial score (nSPS) is 24.6. The summed E-state index contributed by atoms with van der Waals surface area (Å²) in [5, 5.41) is 8.94. The van der Waals surface area contributed by atoms with Crippen LogP contribution < -0.4 is 5.73 Å². The second-order valence-corrected chi connectivity index (χ2v) is 7.18. The van der Waals surface area contributed by atoms with Gasteiger partial charge in [0.1, 0.15) is 0 Å². The summed E-state index contributed by atoms with van der Waals surface area (Å²) < 4.78 is 0. The van der Waals surface area contributed by atoms with Gasteiger partial charge in [0.25, 0.3) is 5.91 Å². The maximum absolute atomic E-state index is 13.5. The van der Waals surface area contributed by atoms with Gasteiger partial charge in [0.2, 0.25) is 0 Å². The number of aliphatic imine (C=N–C) groups is 1. The van der Waals surface area contributed by atoms with E-state index < -0.39 is 5.54 Å². The van der Waals surface area contributed by atoms with Crippen molar-refractivity contribution in [3.63, 3.8) is 0 Å². The molecule has 0 bridgehead atoms. The number of unbranched alkanes of at least 4 members (excludes halogenated alkanes) is 2. The van der Waals surface area contributed by atoms with Gasteiger partial charge in [-0.05, 0) is 43.6 Å². The van der Waals surface area contributed by atoms with E-state index in [2.05, 4.69) is 0 Å². The first-order valence-electron chi connectivity index (χ1n) is 9.54. The number of hydrogen-bond acceptors (Lipinski definition) is 4. The summed E-state index contributed by atoms with van der Waals surface area (Å²) in [4.78, 5) is 19.9. The monoisotopic (exact) mass is 343 g/mol. The second-order valence-electron chi connectivity index (χ2n) is 7.18. The zero-order chi connectivity index (χ0) is 17.7. The third kappa shape index (κ3) is 3.43. The number of benzene rings is 1. The third-order valence-corrected chi connectivity index (χ3v) is 5.59. The van der Waals surface area contributed by atoms with Crippen LogP contribution in [0.15, 0.2) is 35.3 Å². The van der Waals surface area contributed by atoms with Crippen LogP contribution in [0.25, 0.3) is 0 Å². The number of carbonyl (C=O) groups is 1. The Morgan fingerprint density at radius 1 is 1.12 bits per heavy atom. The van der Waals surface area contributed by atoms with Crippen LogP contribution in [0.2, 0.25) is 0 Å². The van der Waals surface area contributed by atoms with Crippen molar-refractivity contribution < 1.29 is 9.90 Å². The molecule has 1 atom stereocenters. The Balaban J connectivity index is 1.89. The average Bonchev–Trinajstić information content (AvgIpc) is 2.92. The summed E-state index contributed by atoms with van der Waals surface area (Å²) in [5.74, 6) is 0.604. The second kappa shape index (κ2) is 8.00. The number of aliphatic hydroxyl groups excluding tert-OH is 1. The molecule has 1 heterocycles. The molecular weight excluding hydrogens is 314 g/mol. The van der Waals surface area contributed by atoms with Gasteiger partial charge in [0, 0.05) is 13.2 Å². The Morgan fingerprint density at radius 3 is 2.52 bits per heavy atom. The van der Waals surface area contributed by atoms with Crippen LogP contribution in [0, 0.1) is 5.92 Å². The van der Waals surface area contributed by atoms with Crippen LogP contribution in [0.4, 0.5) is 0 Å². The topological polar surface area (TPSA) is 78.9 Å². The molecule has 3 rings (SSSR count). The minimum absolute atomic E-state index is 0.0344. The molecule has 5 nitrogen and oxygen atoms in total. The van der Waals surface area contributed by atoms with Gasteiger partial charge in [-0.3, -0.25) is 9.69 Å². The van der Waals surface area contributed by atoms with Crippen molar-refractivity contribution in [1.29, 1.82) is 0 Å². The van der Waals surface area contributed by atoms with E-state index in [0.717, 1.165) is 50.5 Å². The summed E-state index contributed by atoms with van der Waals surface area (Å²) in [5.41, 5.74) is 6.33. The van der Waals surface area contributed by atoms with Gasteiger partial charge >= 0.3 is 0 Å². The summed E-state index contributed by atoms with van der Waals surface area (Å²) in [7, 11) is 0. The number of nitrogens with two attached hydrogens (primary N) is 1. The molecule has 2 aliphatic rings. The fourth-order valence-corrected chi connectivity index (χ4v) is 4.28. The first-order valence-corrected chi connectivity index (χ1v) is 9.54. The summed E-state index contributed by atoms with van der Waals surface area (Å²) in [6.07, 6.45) is 8.06. The minimum Gasteiger partial charge on any atom is -0.396 e. The molecule has 0 aromatic heterocycles. The molecule has 1 unspecified atom stereocenters. The number of nitrogens with zero attached hydrogens (tertiary/aromatic N) is 2. The van der Waals surface area contributed by atoms with Crippen molar-refractivity contribution in [2.75, 3.05) is 13.2 Å². The maximum Gasteiger partial charge on any atom is 0.262 e. The number of rotatable bonds is 7. The first kappa shape index (κ1) is 17.9. The lowest BCUT2D eigenvalue weighted by molar-refractivity contribution is -0.134. The van der Waals surface area contributed by atoms with Crippen LogP contribution in [-0.4, -0.2) is 35.0 Å². The molecule has 3 N–H and O–H groups in total. The molecule has 1 fully saturated rings. The molecule has 25 heavy (non-hydrogen) atoms. The number of guanidine groups is 1. The molecule has 0 spiro atoms. The molecule has 1 aromatic carbocycles. The molecule has 0 saturated heterocycles. The molecule has 1 aliphatic carbocycles. The van der Waals surface area contributed by atoms with Gasteiger partial charge in [-0.2, -0.15) is 0 Å². The minimum atomic E-state index is -0.845. The van der Waals surface area contributed by atoms with E-state index in [4.69, 9.17) is 15.8 Å². The van der Waals surface area contributed by atoms with E-state index in [1.54, 1.807) is 4.90 Å². The van der Waals surface area contributed by atoms with Crippen molar-refractivity contribution >= 4 is 11.9 Å². The molecule has 1 aromatic rings. The van der Waals surface area contributed by atoms with E-state index in [1.807, 2.05) is 30.3 Å².